The number of nitrogens with zero attached hydrogens (tertiary/aromatic N) is 3. The predicted octanol–water partition coefficient (Wildman–Crippen LogP) is 3.01. The third-order valence-electron chi connectivity index (χ3n) is 3.43. The van der Waals surface area contributed by atoms with Crippen molar-refractivity contribution in [3.05, 3.63) is 70.1 Å². The maximum Gasteiger partial charge on any atom is 0.337 e. The summed E-state index contributed by atoms with van der Waals surface area (Å²) in [5, 5.41) is 18.4. The molecule has 0 aliphatic heterocycles. The number of ether oxygens (including phenoxy) is 2. The number of aromatic nitrogens is 2. The number of nitro groups is 1. The summed E-state index contributed by atoms with van der Waals surface area (Å²) in [5.74, 6) is 0.573. The summed E-state index contributed by atoms with van der Waals surface area (Å²) in [7, 11) is 1.31. The second kappa shape index (κ2) is 7.43. The monoisotopic (exact) mass is 355 g/mol. The van der Waals surface area contributed by atoms with Crippen LogP contribution in [0, 0.1) is 10.1 Å². The molecule has 1 aromatic heterocycles. The number of nitro benzene ring substituents is 1. The van der Waals surface area contributed by atoms with Gasteiger partial charge in [-0.1, -0.05) is 0 Å². The van der Waals surface area contributed by atoms with Gasteiger partial charge in [0.1, 0.15) is 5.75 Å². The number of benzene rings is 2. The van der Waals surface area contributed by atoms with Crippen molar-refractivity contribution in [2.45, 2.75) is 6.61 Å². The van der Waals surface area contributed by atoms with E-state index in [1.807, 2.05) is 0 Å². The van der Waals surface area contributed by atoms with Gasteiger partial charge in [0.05, 0.1) is 17.6 Å². The van der Waals surface area contributed by atoms with E-state index in [0.717, 1.165) is 0 Å². The first-order chi connectivity index (χ1) is 12.6. The molecule has 0 bridgehead atoms. The van der Waals surface area contributed by atoms with E-state index in [9.17, 15) is 14.9 Å². The number of rotatable bonds is 6. The lowest BCUT2D eigenvalue weighted by molar-refractivity contribution is -0.384. The van der Waals surface area contributed by atoms with Gasteiger partial charge in [-0.25, -0.2) is 4.79 Å². The normalized spacial score (nSPS) is 10.3. The SMILES string of the molecule is COC(=O)c1ccc(OCc2nnc(-c3ccc([N+](=O)[O-])cc3)o2)cc1. The molecule has 26 heavy (non-hydrogen) atoms. The fourth-order valence-corrected chi connectivity index (χ4v) is 2.10. The second-order valence-corrected chi connectivity index (χ2v) is 5.11. The molecule has 0 saturated heterocycles. The fourth-order valence-electron chi connectivity index (χ4n) is 2.10. The Morgan fingerprint density at radius 1 is 1.12 bits per heavy atom. The molecule has 1 heterocycles. The van der Waals surface area contributed by atoms with E-state index < -0.39 is 10.9 Å². The molecule has 3 rings (SSSR count). The van der Waals surface area contributed by atoms with E-state index in [1.54, 1.807) is 24.3 Å². The van der Waals surface area contributed by atoms with Crippen LogP contribution in [0.2, 0.25) is 0 Å². The Labute approximate surface area is 147 Å². The first-order valence-electron chi connectivity index (χ1n) is 7.45. The first-order valence-corrected chi connectivity index (χ1v) is 7.45. The van der Waals surface area contributed by atoms with Crippen molar-refractivity contribution in [3.63, 3.8) is 0 Å². The van der Waals surface area contributed by atoms with Crippen LogP contribution >= 0.6 is 0 Å². The Morgan fingerprint density at radius 3 is 2.42 bits per heavy atom. The zero-order valence-electron chi connectivity index (χ0n) is 13.6. The molecule has 9 nitrogen and oxygen atoms in total. The molecule has 0 amide bonds. The fraction of sp³-hybridized carbons (Fsp3) is 0.118. The molecule has 0 spiro atoms. The number of methoxy groups -OCH3 is 1. The minimum absolute atomic E-state index is 0.0211. The van der Waals surface area contributed by atoms with Crippen LogP contribution < -0.4 is 4.74 Å². The average Bonchev–Trinajstić information content (AvgIpc) is 3.15. The maximum absolute atomic E-state index is 11.4. The summed E-state index contributed by atoms with van der Waals surface area (Å²) in [4.78, 5) is 21.5. The first kappa shape index (κ1) is 17.1. The van der Waals surface area contributed by atoms with Crippen LogP contribution in [0.4, 0.5) is 5.69 Å². The summed E-state index contributed by atoms with van der Waals surface area (Å²) < 4.78 is 15.6. The molecule has 0 radical (unpaired) electrons. The molecule has 0 saturated carbocycles. The number of esters is 1. The van der Waals surface area contributed by atoms with Crippen LogP contribution in [-0.4, -0.2) is 28.2 Å². The largest absolute Gasteiger partial charge is 0.484 e. The van der Waals surface area contributed by atoms with E-state index in [4.69, 9.17) is 9.15 Å². The zero-order valence-corrected chi connectivity index (χ0v) is 13.6. The van der Waals surface area contributed by atoms with Crippen molar-refractivity contribution in [2.24, 2.45) is 0 Å². The highest BCUT2D eigenvalue weighted by molar-refractivity contribution is 5.89. The van der Waals surface area contributed by atoms with E-state index >= 15 is 0 Å². The molecule has 0 aliphatic carbocycles. The number of carbonyl (C=O) groups is 1. The third-order valence-corrected chi connectivity index (χ3v) is 3.43. The Morgan fingerprint density at radius 2 is 1.81 bits per heavy atom. The van der Waals surface area contributed by atoms with Gasteiger partial charge in [0.15, 0.2) is 6.61 Å². The Bertz CT molecular complexity index is 918. The molecule has 0 unspecified atom stereocenters. The van der Waals surface area contributed by atoms with E-state index in [-0.39, 0.29) is 24.1 Å². The van der Waals surface area contributed by atoms with E-state index in [1.165, 1.54) is 31.4 Å². The minimum Gasteiger partial charge on any atom is -0.484 e. The summed E-state index contributed by atoms with van der Waals surface area (Å²) in [6.07, 6.45) is 0. The van der Waals surface area contributed by atoms with Crippen molar-refractivity contribution in [2.75, 3.05) is 7.11 Å². The van der Waals surface area contributed by atoms with Gasteiger partial charge in [-0.05, 0) is 36.4 Å². The highest BCUT2D eigenvalue weighted by atomic mass is 16.6. The zero-order chi connectivity index (χ0) is 18.5. The van der Waals surface area contributed by atoms with Gasteiger partial charge < -0.3 is 13.9 Å². The predicted molar refractivity (Wildman–Crippen MR) is 88.5 cm³/mol. The van der Waals surface area contributed by atoms with Crippen molar-refractivity contribution in [1.29, 1.82) is 0 Å². The van der Waals surface area contributed by atoms with Gasteiger partial charge in [-0.3, -0.25) is 10.1 Å². The van der Waals surface area contributed by atoms with E-state index in [2.05, 4.69) is 14.9 Å². The summed E-state index contributed by atoms with van der Waals surface area (Å²) in [5.41, 5.74) is 0.960. The highest BCUT2D eigenvalue weighted by Crippen LogP contribution is 2.22. The maximum atomic E-state index is 11.4. The molecule has 0 N–H and O–H groups in total. The van der Waals surface area contributed by atoms with Crippen molar-refractivity contribution < 1.29 is 23.6 Å². The lowest BCUT2D eigenvalue weighted by Crippen LogP contribution is -2.01. The van der Waals surface area contributed by atoms with Crippen LogP contribution in [-0.2, 0) is 11.3 Å². The smallest absolute Gasteiger partial charge is 0.337 e. The molecule has 132 valence electrons. The van der Waals surface area contributed by atoms with Crippen molar-refractivity contribution in [3.8, 4) is 17.2 Å². The Kier molecular flexibility index (Phi) is 4.88. The van der Waals surface area contributed by atoms with Crippen LogP contribution in [0.3, 0.4) is 0 Å². The molecule has 2 aromatic carbocycles. The molecule has 0 aliphatic rings. The van der Waals surface area contributed by atoms with Crippen LogP contribution in [0.15, 0.2) is 52.9 Å². The third kappa shape index (κ3) is 3.83. The lowest BCUT2D eigenvalue weighted by Gasteiger charge is -2.04. The lowest BCUT2D eigenvalue weighted by atomic mass is 10.2. The van der Waals surface area contributed by atoms with Crippen LogP contribution in [0.5, 0.6) is 5.75 Å². The summed E-state index contributed by atoms with van der Waals surface area (Å²) in [6.45, 7) is 0.0392. The molecular weight excluding hydrogens is 342 g/mol. The van der Waals surface area contributed by atoms with Crippen LogP contribution in [0.25, 0.3) is 11.5 Å². The second-order valence-electron chi connectivity index (χ2n) is 5.11. The van der Waals surface area contributed by atoms with Gasteiger partial charge in [-0.15, -0.1) is 10.2 Å². The van der Waals surface area contributed by atoms with Crippen molar-refractivity contribution in [1.82, 2.24) is 10.2 Å². The number of hydrogen-bond donors (Lipinski definition) is 0. The average molecular weight is 355 g/mol. The Hall–Kier alpha value is -3.75. The number of non-ortho nitro benzene ring substituents is 1. The Balaban J connectivity index is 1.63. The molecular formula is C17H13N3O6. The van der Waals surface area contributed by atoms with Gasteiger partial charge in [0, 0.05) is 17.7 Å². The minimum atomic E-state index is -0.484. The summed E-state index contributed by atoms with van der Waals surface area (Å²) in [6, 6.07) is 12.2. The van der Waals surface area contributed by atoms with Gasteiger partial charge in [0.25, 0.3) is 11.6 Å². The van der Waals surface area contributed by atoms with Gasteiger partial charge in [0.2, 0.25) is 5.89 Å². The van der Waals surface area contributed by atoms with E-state index in [0.29, 0.717) is 16.9 Å². The van der Waals surface area contributed by atoms with Crippen molar-refractivity contribution >= 4 is 11.7 Å². The number of hydrogen-bond acceptors (Lipinski definition) is 8. The van der Waals surface area contributed by atoms with Gasteiger partial charge >= 0.3 is 5.97 Å². The topological polar surface area (TPSA) is 118 Å². The van der Waals surface area contributed by atoms with Crippen LogP contribution in [0.1, 0.15) is 16.2 Å². The quantitative estimate of drug-likeness (QED) is 0.376. The molecule has 9 heteroatoms. The molecule has 3 aromatic rings. The van der Waals surface area contributed by atoms with Gasteiger partial charge in [-0.2, -0.15) is 0 Å². The summed E-state index contributed by atoms with van der Waals surface area (Å²) >= 11 is 0. The number of carbonyl (C=O) groups excluding carboxylic acids is 1. The molecule has 0 fully saturated rings. The molecule has 0 atom stereocenters. The standard InChI is InChI=1S/C17H13N3O6/c1-24-17(21)12-4-8-14(9-5-12)25-10-15-18-19-16(26-15)11-2-6-13(7-3-11)20(22)23/h2-9H,10H2,1H3. The highest BCUT2D eigenvalue weighted by Gasteiger charge is 2.12.